The van der Waals surface area contributed by atoms with Crippen molar-refractivity contribution in [2.75, 3.05) is 0 Å². The number of nitrogens with zero attached hydrogens (tertiary/aromatic N) is 2. The van der Waals surface area contributed by atoms with Gasteiger partial charge in [-0.3, -0.25) is 14.3 Å². The number of imidazole rings is 1. The highest BCUT2D eigenvalue weighted by Crippen LogP contribution is 2.47. The Balaban J connectivity index is 1.56. The van der Waals surface area contributed by atoms with Gasteiger partial charge < -0.3 is 4.98 Å². The first-order valence-electron chi connectivity index (χ1n) is 7.03. The maximum Gasteiger partial charge on any atom is 0.438 e. The maximum atomic E-state index is 12.5. The maximum absolute atomic E-state index is 12.5. The van der Waals surface area contributed by atoms with E-state index in [1.165, 1.54) is 0 Å². The van der Waals surface area contributed by atoms with Crippen LogP contribution in [-0.2, 0) is 0 Å². The SMILES string of the molecule is O=C(c1ccc(-c2ncc[nH]2)c(Cl)c1)[C@H]1C[C@@H]1c1noc(=O)[nH]1. The van der Waals surface area contributed by atoms with Gasteiger partial charge in [0.05, 0.1) is 5.02 Å². The van der Waals surface area contributed by atoms with Gasteiger partial charge in [-0.1, -0.05) is 22.8 Å². The number of hydrogen-bond donors (Lipinski definition) is 2. The molecule has 4 rings (SSSR count). The molecule has 7 nitrogen and oxygen atoms in total. The smallest absolute Gasteiger partial charge is 0.345 e. The molecular weight excluding hydrogens is 320 g/mol. The molecule has 0 aliphatic heterocycles. The topological polar surface area (TPSA) is 105 Å². The summed E-state index contributed by atoms with van der Waals surface area (Å²) in [5, 5.41) is 4.09. The van der Waals surface area contributed by atoms with Gasteiger partial charge in [-0.25, -0.2) is 9.78 Å². The van der Waals surface area contributed by atoms with Crippen molar-refractivity contribution < 1.29 is 9.32 Å². The second-order valence-electron chi connectivity index (χ2n) is 5.43. The van der Waals surface area contributed by atoms with Gasteiger partial charge in [-0.2, -0.15) is 0 Å². The minimum atomic E-state index is -0.607. The van der Waals surface area contributed by atoms with Crippen LogP contribution in [0.15, 0.2) is 39.9 Å². The van der Waals surface area contributed by atoms with Gasteiger partial charge in [0, 0.05) is 35.4 Å². The predicted octanol–water partition coefficient (Wildman–Crippen LogP) is 2.39. The molecule has 0 radical (unpaired) electrons. The van der Waals surface area contributed by atoms with E-state index in [4.69, 9.17) is 11.6 Å². The lowest BCUT2D eigenvalue weighted by molar-refractivity contribution is 0.0964. The molecule has 2 N–H and O–H groups in total. The van der Waals surface area contributed by atoms with E-state index in [1.807, 2.05) is 0 Å². The molecule has 2 atom stereocenters. The van der Waals surface area contributed by atoms with Crippen LogP contribution >= 0.6 is 11.6 Å². The zero-order chi connectivity index (χ0) is 16.0. The van der Waals surface area contributed by atoms with Crippen molar-refractivity contribution in [3.8, 4) is 11.4 Å². The number of hydrogen-bond acceptors (Lipinski definition) is 5. The first-order valence-corrected chi connectivity index (χ1v) is 7.40. The Bertz CT molecular complexity index is 928. The van der Waals surface area contributed by atoms with E-state index in [2.05, 4.69) is 24.6 Å². The van der Waals surface area contributed by atoms with Crippen LogP contribution in [0.25, 0.3) is 11.4 Å². The number of rotatable bonds is 4. The second kappa shape index (κ2) is 5.20. The molecule has 1 saturated carbocycles. The molecule has 0 amide bonds. The molecule has 0 saturated heterocycles. The fourth-order valence-electron chi connectivity index (χ4n) is 2.68. The Morgan fingerprint density at radius 3 is 2.91 bits per heavy atom. The van der Waals surface area contributed by atoms with Crippen LogP contribution in [0.4, 0.5) is 0 Å². The highest BCUT2D eigenvalue weighted by molar-refractivity contribution is 6.33. The third-order valence-electron chi connectivity index (χ3n) is 3.94. The number of carbonyl (C=O) groups excluding carboxylic acids is 1. The fraction of sp³-hybridized carbons (Fsp3) is 0.200. The number of Topliss-reactive ketones (excluding diaryl/α,β-unsaturated/α-hetero) is 1. The van der Waals surface area contributed by atoms with Crippen LogP contribution in [0.3, 0.4) is 0 Å². The minimum absolute atomic E-state index is 0.0215. The number of carbonyl (C=O) groups is 1. The molecule has 2 heterocycles. The molecule has 1 aromatic carbocycles. The molecule has 0 spiro atoms. The van der Waals surface area contributed by atoms with Crippen molar-refractivity contribution >= 4 is 17.4 Å². The molecule has 0 bridgehead atoms. The highest BCUT2D eigenvalue weighted by Gasteiger charge is 2.46. The van der Waals surface area contributed by atoms with Crippen LogP contribution in [-0.4, -0.2) is 25.9 Å². The van der Waals surface area contributed by atoms with Crippen molar-refractivity contribution in [3.05, 3.63) is 57.6 Å². The predicted molar refractivity (Wildman–Crippen MR) is 81.3 cm³/mol. The largest absolute Gasteiger partial charge is 0.438 e. The third-order valence-corrected chi connectivity index (χ3v) is 4.26. The number of nitrogens with one attached hydrogen (secondary N) is 2. The van der Waals surface area contributed by atoms with E-state index in [0.717, 1.165) is 5.56 Å². The Morgan fingerprint density at radius 2 is 2.26 bits per heavy atom. The van der Waals surface area contributed by atoms with E-state index < -0.39 is 5.76 Å². The van der Waals surface area contributed by atoms with Gasteiger partial charge >= 0.3 is 5.76 Å². The molecular formula is C15H11ClN4O3. The lowest BCUT2D eigenvalue weighted by Crippen LogP contribution is -2.04. The summed E-state index contributed by atoms with van der Waals surface area (Å²) in [5.74, 6) is 0.138. The Hall–Kier alpha value is -2.67. The van der Waals surface area contributed by atoms with Crippen LogP contribution in [0, 0.1) is 5.92 Å². The molecule has 3 aromatic rings. The summed E-state index contributed by atoms with van der Waals surface area (Å²) in [6.07, 6.45) is 3.98. The summed E-state index contributed by atoms with van der Waals surface area (Å²) in [6, 6.07) is 5.14. The van der Waals surface area contributed by atoms with E-state index in [0.29, 0.717) is 28.7 Å². The van der Waals surface area contributed by atoms with Crippen LogP contribution in [0.2, 0.25) is 5.02 Å². The zero-order valence-corrected chi connectivity index (χ0v) is 12.5. The van der Waals surface area contributed by atoms with Gasteiger partial charge in [-0.05, 0) is 18.6 Å². The Labute approximate surface area is 134 Å². The van der Waals surface area contributed by atoms with Gasteiger partial charge in [0.15, 0.2) is 11.6 Å². The van der Waals surface area contributed by atoms with E-state index in [1.54, 1.807) is 30.6 Å². The lowest BCUT2D eigenvalue weighted by atomic mass is 10.0. The molecule has 1 aliphatic rings. The summed E-state index contributed by atoms with van der Waals surface area (Å²) in [5.41, 5.74) is 1.27. The number of benzene rings is 1. The molecule has 2 aromatic heterocycles. The fourth-order valence-corrected chi connectivity index (χ4v) is 2.95. The van der Waals surface area contributed by atoms with E-state index in [9.17, 15) is 9.59 Å². The normalized spacial score (nSPS) is 19.7. The lowest BCUT2D eigenvalue weighted by Gasteiger charge is -2.04. The summed E-state index contributed by atoms with van der Waals surface area (Å²) in [4.78, 5) is 33.1. The molecule has 116 valence electrons. The van der Waals surface area contributed by atoms with Crippen molar-refractivity contribution in [3.63, 3.8) is 0 Å². The van der Waals surface area contributed by atoms with E-state index in [-0.39, 0.29) is 17.6 Å². The van der Waals surface area contributed by atoms with Crippen molar-refractivity contribution in [1.82, 2.24) is 20.1 Å². The second-order valence-corrected chi connectivity index (χ2v) is 5.83. The molecule has 0 unspecified atom stereocenters. The standard InChI is InChI=1S/C15H11ClN4O3/c16-11-5-7(1-2-8(11)13-17-3-4-18-13)12(21)9-6-10(9)14-19-15(22)23-20-14/h1-5,9-10H,6H2,(H,17,18)(H,19,20,22)/t9-,10-/m0/s1. The summed E-state index contributed by atoms with van der Waals surface area (Å²) in [7, 11) is 0. The monoisotopic (exact) mass is 330 g/mol. The van der Waals surface area contributed by atoms with Gasteiger partial charge in [0.2, 0.25) is 0 Å². The number of aromatic nitrogens is 4. The number of aromatic amines is 2. The van der Waals surface area contributed by atoms with Gasteiger partial charge in [-0.15, -0.1) is 0 Å². The van der Waals surface area contributed by atoms with Crippen molar-refractivity contribution in [2.45, 2.75) is 12.3 Å². The zero-order valence-electron chi connectivity index (χ0n) is 11.7. The molecule has 23 heavy (non-hydrogen) atoms. The number of halogens is 1. The number of H-pyrrole nitrogens is 2. The van der Waals surface area contributed by atoms with Crippen molar-refractivity contribution in [2.24, 2.45) is 5.92 Å². The number of ketones is 1. The Kier molecular flexibility index (Phi) is 3.16. The van der Waals surface area contributed by atoms with Crippen molar-refractivity contribution in [1.29, 1.82) is 0 Å². The minimum Gasteiger partial charge on any atom is -0.345 e. The summed E-state index contributed by atoms with van der Waals surface area (Å²) in [6.45, 7) is 0. The quantitative estimate of drug-likeness (QED) is 0.715. The van der Waals surface area contributed by atoms with Crippen LogP contribution in [0.1, 0.15) is 28.5 Å². The average Bonchev–Trinajstić information content (AvgIpc) is 2.94. The first-order chi connectivity index (χ1) is 11.1. The highest BCUT2D eigenvalue weighted by atomic mass is 35.5. The average molecular weight is 331 g/mol. The molecule has 1 fully saturated rings. The summed E-state index contributed by atoms with van der Waals surface area (Å²) >= 11 is 6.26. The van der Waals surface area contributed by atoms with E-state index >= 15 is 0 Å². The summed E-state index contributed by atoms with van der Waals surface area (Å²) < 4.78 is 4.47. The van der Waals surface area contributed by atoms with Gasteiger partial charge in [0.25, 0.3) is 0 Å². The van der Waals surface area contributed by atoms with Crippen LogP contribution in [0.5, 0.6) is 0 Å². The molecule has 8 heteroatoms. The molecule has 1 aliphatic carbocycles. The first kappa shape index (κ1) is 14.0. The van der Waals surface area contributed by atoms with Gasteiger partial charge in [0.1, 0.15) is 5.82 Å². The van der Waals surface area contributed by atoms with Crippen LogP contribution < -0.4 is 5.76 Å². The Morgan fingerprint density at radius 1 is 1.39 bits per heavy atom. The third kappa shape index (κ3) is 2.49.